The van der Waals surface area contributed by atoms with E-state index in [-0.39, 0.29) is 0 Å². The molecule has 5 heterocycles. The molecule has 5 aliphatic heterocycles. The molecule has 276 valence electrons. The van der Waals surface area contributed by atoms with Crippen LogP contribution in [0.2, 0.25) is 0 Å². The number of fused-ring (bicyclic) bond motifs is 7. The summed E-state index contributed by atoms with van der Waals surface area (Å²) in [6, 6.07) is 6.19. The van der Waals surface area contributed by atoms with Gasteiger partial charge in [-0.15, -0.1) is 0 Å². The molecule has 5 saturated heterocycles. The summed E-state index contributed by atoms with van der Waals surface area (Å²) in [6.07, 6.45) is 35.2. The Morgan fingerprint density at radius 2 is 1.10 bits per heavy atom. The molecule has 0 aromatic rings. The van der Waals surface area contributed by atoms with E-state index in [1.807, 2.05) is 0 Å². The van der Waals surface area contributed by atoms with Crippen molar-refractivity contribution in [3.63, 3.8) is 0 Å². The molecule has 0 aromatic heterocycles. The molecule has 0 spiro atoms. The molecule has 5 heteroatoms. The van der Waals surface area contributed by atoms with Crippen LogP contribution in [0.15, 0.2) is 0 Å². The van der Waals surface area contributed by atoms with Gasteiger partial charge >= 0.3 is 0 Å². The third kappa shape index (κ3) is 5.95. The van der Waals surface area contributed by atoms with Crippen LogP contribution in [0, 0.1) is 53.3 Å². The largest absolute Gasteiger partial charge is 0.312 e. The summed E-state index contributed by atoms with van der Waals surface area (Å²) < 4.78 is 0. The van der Waals surface area contributed by atoms with Gasteiger partial charge in [-0.05, 0) is 169 Å². The van der Waals surface area contributed by atoms with Gasteiger partial charge < -0.3 is 16.0 Å². The van der Waals surface area contributed by atoms with E-state index in [1.165, 1.54) is 148 Å². The first-order chi connectivity index (χ1) is 24.2. The second-order valence-electron chi connectivity index (χ2n) is 20.3. The minimum absolute atomic E-state index is 0.613. The molecule has 5 nitrogen and oxygen atoms in total. The normalized spacial score (nSPS) is 52.8. The van der Waals surface area contributed by atoms with E-state index in [9.17, 15) is 0 Å². The van der Waals surface area contributed by atoms with Crippen molar-refractivity contribution in [1.82, 2.24) is 25.8 Å². The summed E-state index contributed by atoms with van der Waals surface area (Å²) in [5, 5.41) is 12.1. The molecule has 14 atom stereocenters. The van der Waals surface area contributed by atoms with Gasteiger partial charge in [0.05, 0.1) is 6.17 Å². The summed E-state index contributed by atoms with van der Waals surface area (Å²) in [5.74, 6) is 8.68. The van der Waals surface area contributed by atoms with Crippen LogP contribution in [0.3, 0.4) is 0 Å². The Bertz CT molecular complexity index is 1110. The molecular weight excluding hydrogens is 599 g/mol. The minimum atomic E-state index is 0.613. The number of nitrogens with zero attached hydrogens (tertiary/aromatic N) is 2. The lowest BCUT2D eigenvalue weighted by molar-refractivity contribution is -0.000523. The van der Waals surface area contributed by atoms with E-state index < -0.39 is 0 Å². The summed E-state index contributed by atoms with van der Waals surface area (Å²) in [5.41, 5.74) is 0. The van der Waals surface area contributed by atoms with Crippen molar-refractivity contribution < 1.29 is 0 Å². The second-order valence-corrected chi connectivity index (χ2v) is 20.3. The number of hydrogen-bond donors (Lipinski definition) is 3. The molecule has 10 fully saturated rings. The van der Waals surface area contributed by atoms with Gasteiger partial charge in [0.15, 0.2) is 0 Å². The van der Waals surface area contributed by atoms with Gasteiger partial charge in [-0.1, -0.05) is 51.9 Å². The zero-order chi connectivity index (χ0) is 32.5. The SMILES string of the molecule is CC1CC(C2CC3C4CCCCC4N(C4CCCCC4)C3CN2)CC2C3CCCCC3N(C3CCC(C4CCNC5NCCCC54)CC3)C12. The highest BCUT2D eigenvalue weighted by molar-refractivity contribution is 5.12. The van der Waals surface area contributed by atoms with E-state index in [0.717, 1.165) is 95.6 Å². The lowest BCUT2D eigenvalue weighted by Gasteiger charge is -2.50. The zero-order valence-corrected chi connectivity index (χ0v) is 31.6. The smallest absolute Gasteiger partial charge is 0.0603 e. The standard InChI is InChI=1S/C44H75N5/c1-28-24-30(39-26-37-34-12-5-7-15-40(34)48(42(37)27-47-39)31-10-3-2-4-11-31)25-38-35-13-6-8-16-41(35)49(43(28)38)32-19-17-29(18-20-32)33-21-23-46-44-36(33)14-9-22-45-44/h28-47H,2-27H2,1H3. The van der Waals surface area contributed by atoms with E-state index >= 15 is 0 Å². The number of likely N-dealkylation sites (tertiary alicyclic amines) is 2. The van der Waals surface area contributed by atoms with Gasteiger partial charge in [-0.2, -0.15) is 0 Å². The van der Waals surface area contributed by atoms with Gasteiger partial charge in [-0.3, -0.25) is 9.80 Å². The van der Waals surface area contributed by atoms with Crippen LogP contribution in [-0.4, -0.2) is 77.9 Å². The molecule has 49 heavy (non-hydrogen) atoms. The molecule has 14 unspecified atom stereocenters. The predicted octanol–water partition coefficient (Wildman–Crippen LogP) is 7.94. The molecule has 10 aliphatic rings. The Hall–Kier alpha value is -0.200. The number of piperidine rings is 3. The fourth-order valence-corrected chi connectivity index (χ4v) is 16.6. The summed E-state index contributed by atoms with van der Waals surface area (Å²) in [4.78, 5) is 6.51. The van der Waals surface area contributed by atoms with E-state index in [4.69, 9.17) is 0 Å². The molecule has 5 aliphatic carbocycles. The van der Waals surface area contributed by atoms with Crippen LogP contribution in [-0.2, 0) is 0 Å². The second kappa shape index (κ2) is 14.2. The zero-order valence-electron chi connectivity index (χ0n) is 31.6. The van der Waals surface area contributed by atoms with Crippen molar-refractivity contribution in [3.05, 3.63) is 0 Å². The van der Waals surface area contributed by atoms with Crippen LogP contribution in [0.4, 0.5) is 0 Å². The number of rotatable bonds is 4. The van der Waals surface area contributed by atoms with Crippen molar-refractivity contribution in [2.45, 2.75) is 203 Å². The van der Waals surface area contributed by atoms with Crippen LogP contribution < -0.4 is 16.0 Å². The first-order valence-corrected chi connectivity index (χ1v) is 23.0. The van der Waals surface area contributed by atoms with Gasteiger partial charge in [-0.25, -0.2) is 0 Å². The Kier molecular flexibility index (Phi) is 9.69. The highest BCUT2D eigenvalue weighted by Gasteiger charge is 2.58. The van der Waals surface area contributed by atoms with Crippen molar-refractivity contribution in [2.75, 3.05) is 19.6 Å². The van der Waals surface area contributed by atoms with Crippen molar-refractivity contribution >= 4 is 0 Å². The van der Waals surface area contributed by atoms with Crippen molar-refractivity contribution in [2.24, 2.45) is 53.3 Å². The predicted molar refractivity (Wildman–Crippen MR) is 201 cm³/mol. The maximum Gasteiger partial charge on any atom is 0.0603 e. The highest BCUT2D eigenvalue weighted by Crippen LogP contribution is 2.57. The Labute approximate surface area is 301 Å². The van der Waals surface area contributed by atoms with Crippen LogP contribution in [0.1, 0.15) is 155 Å². The monoisotopic (exact) mass is 674 g/mol. The maximum absolute atomic E-state index is 4.38. The van der Waals surface area contributed by atoms with Crippen molar-refractivity contribution in [3.8, 4) is 0 Å². The van der Waals surface area contributed by atoms with E-state index in [2.05, 4.69) is 32.7 Å². The third-order valence-electron chi connectivity index (χ3n) is 18.3. The summed E-state index contributed by atoms with van der Waals surface area (Å²) in [6.45, 7) is 6.53. The first-order valence-electron chi connectivity index (χ1n) is 23.0. The average molecular weight is 674 g/mol. The molecule has 3 N–H and O–H groups in total. The summed E-state index contributed by atoms with van der Waals surface area (Å²) >= 11 is 0. The highest BCUT2D eigenvalue weighted by atomic mass is 15.3. The molecule has 0 bridgehead atoms. The number of hydrogen-bond acceptors (Lipinski definition) is 5. The van der Waals surface area contributed by atoms with Gasteiger partial charge in [0, 0.05) is 48.8 Å². The molecule has 0 radical (unpaired) electrons. The van der Waals surface area contributed by atoms with Crippen LogP contribution in [0.5, 0.6) is 0 Å². The van der Waals surface area contributed by atoms with Crippen LogP contribution in [0.25, 0.3) is 0 Å². The maximum atomic E-state index is 4.38. The molecular formula is C44H75N5. The Morgan fingerprint density at radius 1 is 0.429 bits per heavy atom. The topological polar surface area (TPSA) is 42.6 Å². The average Bonchev–Trinajstić information content (AvgIpc) is 3.68. The van der Waals surface area contributed by atoms with E-state index in [0.29, 0.717) is 6.17 Å². The third-order valence-corrected chi connectivity index (χ3v) is 18.3. The molecule has 0 aromatic carbocycles. The minimum Gasteiger partial charge on any atom is -0.312 e. The lowest BCUT2D eigenvalue weighted by Crippen LogP contribution is -2.58. The van der Waals surface area contributed by atoms with E-state index in [1.54, 1.807) is 19.3 Å². The molecule has 0 amide bonds. The number of nitrogens with one attached hydrogen (secondary N) is 3. The Morgan fingerprint density at radius 3 is 1.92 bits per heavy atom. The molecule has 5 saturated carbocycles. The quantitative estimate of drug-likeness (QED) is 0.283. The molecule has 10 rings (SSSR count). The van der Waals surface area contributed by atoms with Crippen LogP contribution >= 0.6 is 0 Å². The fourth-order valence-electron chi connectivity index (χ4n) is 16.6. The summed E-state index contributed by atoms with van der Waals surface area (Å²) in [7, 11) is 0. The fraction of sp³-hybridized carbons (Fsp3) is 1.00. The van der Waals surface area contributed by atoms with Crippen molar-refractivity contribution in [1.29, 1.82) is 0 Å². The Balaban J connectivity index is 0.824. The van der Waals surface area contributed by atoms with Gasteiger partial charge in [0.2, 0.25) is 0 Å². The van der Waals surface area contributed by atoms with Gasteiger partial charge in [0.1, 0.15) is 0 Å². The van der Waals surface area contributed by atoms with Gasteiger partial charge in [0.25, 0.3) is 0 Å². The lowest BCUT2D eigenvalue weighted by atomic mass is 9.63. The first kappa shape index (κ1) is 33.4.